The minimum atomic E-state index is -0.504. The Bertz CT molecular complexity index is 153. The van der Waals surface area contributed by atoms with Gasteiger partial charge in [0.1, 0.15) is 6.54 Å². The molecule has 0 aliphatic rings. The van der Waals surface area contributed by atoms with Crippen LogP contribution >= 0.6 is 0 Å². The van der Waals surface area contributed by atoms with Gasteiger partial charge in [0.2, 0.25) is 5.91 Å². The monoisotopic (exact) mass is 142 g/mol. The molecule has 1 radical (unpaired) electrons. The number of rotatable bonds is 3. The molecule has 1 amide bonds. The van der Waals surface area contributed by atoms with E-state index in [2.05, 4.69) is 10.1 Å². The molecule has 0 bridgehead atoms. The standard InChI is InChI=1S/C6H8NO3/c1-3-5(8)7-4-6(9)10-2/h1,3H,4H2,2H3,(H,7,8). The molecule has 0 aromatic rings. The first-order valence-corrected chi connectivity index (χ1v) is 2.60. The summed E-state index contributed by atoms with van der Waals surface area (Å²) in [7, 11) is 1.24. The largest absolute Gasteiger partial charge is 0.468 e. The summed E-state index contributed by atoms with van der Waals surface area (Å²) in [6.07, 6.45) is 0.836. The second-order valence-corrected chi connectivity index (χ2v) is 1.46. The molecule has 0 unspecified atom stereocenters. The zero-order chi connectivity index (χ0) is 7.98. The van der Waals surface area contributed by atoms with Crippen molar-refractivity contribution in [2.24, 2.45) is 0 Å². The lowest BCUT2D eigenvalue weighted by molar-refractivity contribution is -0.140. The van der Waals surface area contributed by atoms with Gasteiger partial charge in [0.15, 0.2) is 0 Å². The quantitative estimate of drug-likeness (QED) is 0.417. The van der Waals surface area contributed by atoms with Crippen LogP contribution in [0, 0.1) is 6.58 Å². The van der Waals surface area contributed by atoms with Crippen LogP contribution < -0.4 is 5.32 Å². The molecule has 55 valence electrons. The Hall–Kier alpha value is -1.32. The minimum absolute atomic E-state index is 0.150. The molecule has 10 heavy (non-hydrogen) atoms. The van der Waals surface area contributed by atoms with Gasteiger partial charge in [-0.2, -0.15) is 0 Å². The van der Waals surface area contributed by atoms with Crippen molar-refractivity contribution in [1.29, 1.82) is 0 Å². The van der Waals surface area contributed by atoms with Gasteiger partial charge < -0.3 is 10.1 Å². The number of methoxy groups -OCH3 is 1. The Morgan fingerprint density at radius 3 is 2.70 bits per heavy atom. The van der Waals surface area contributed by atoms with E-state index in [1.807, 2.05) is 0 Å². The van der Waals surface area contributed by atoms with Crippen molar-refractivity contribution in [3.05, 3.63) is 12.7 Å². The van der Waals surface area contributed by atoms with Gasteiger partial charge in [0, 0.05) is 6.08 Å². The number of hydrogen-bond acceptors (Lipinski definition) is 3. The zero-order valence-electron chi connectivity index (χ0n) is 5.59. The fraction of sp³-hybridized carbons (Fsp3) is 0.333. The minimum Gasteiger partial charge on any atom is -0.468 e. The number of amides is 1. The van der Waals surface area contributed by atoms with E-state index < -0.39 is 11.9 Å². The van der Waals surface area contributed by atoms with Gasteiger partial charge in [0.05, 0.1) is 7.11 Å². The lowest BCUT2D eigenvalue weighted by Gasteiger charge is -1.97. The first-order chi connectivity index (χ1) is 4.70. The fourth-order valence-corrected chi connectivity index (χ4v) is 0.290. The van der Waals surface area contributed by atoms with Crippen LogP contribution in [0.25, 0.3) is 0 Å². The summed E-state index contributed by atoms with van der Waals surface area (Å²) in [6, 6.07) is 0. The van der Waals surface area contributed by atoms with Gasteiger partial charge in [-0.05, 0) is 0 Å². The third kappa shape index (κ3) is 3.65. The lowest BCUT2D eigenvalue weighted by atomic mass is 10.5. The summed E-state index contributed by atoms with van der Waals surface area (Å²) < 4.78 is 4.24. The van der Waals surface area contributed by atoms with Crippen LogP contribution in [0.3, 0.4) is 0 Å². The van der Waals surface area contributed by atoms with Crippen molar-refractivity contribution in [3.8, 4) is 0 Å². The maximum absolute atomic E-state index is 10.3. The van der Waals surface area contributed by atoms with Crippen LogP contribution in [0.4, 0.5) is 0 Å². The van der Waals surface area contributed by atoms with Crippen LogP contribution in [-0.2, 0) is 14.3 Å². The average Bonchev–Trinajstić information content (AvgIpc) is 1.99. The molecule has 0 fully saturated rings. The van der Waals surface area contributed by atoms with Gasteiger partial charge >= 0.3 is 5.97 Å². The normalized spacial score (nSPS) is 8.10. The predicted molar refractivity (Wildman–Crippen MR) is 33.9 cm³/mol. The van der Waals surface area contributed by atoms with Crippen molar-refractivity contribution in [2.75, 3.05) is 13.7 Å². The molecular weight excluding hydrogens is 134 g/mol. The highest BCUT2D eigenvalue weighted by molar-refractivity contribution is 5.89. The van der Waals surface area contributed by atoms with Crippen LogP contribution in [0.15, 0.2) is 6.08 Å². The Morgan fingerprint density at radius 1 is 1.70 bits per heavy atom. The van der Waals surface area contributed by atoms with Gasteiger partial charge in [-0.1, -0.05) is 6.58 Å². The first-order valence-electron chi connectivity index (χ1n) is 2.60. The SMILES string of the molecule is [CH]=CC(=O)NCC(=O)OC. The van der Waals surface area contributed by atoms with Gasteiger partial charge in [0.25, 0.3) is 0 Å². The van der Waals surface area contributed by atoms with Crippen LogP contribution in [0.2, 0.25) is 0 Å². The van der Waals surface area contributed by atoms with E-state index in [-0.39, 0.29) is 6.54 Å². The fourth-order valence-electron chi connectivity index (χ4n) is 0.290. The van der Waals surface area contributed by atoms with Crippen molar-refractivity contribution in [1.82, 2.24) is 5.32 Å². The predicted octanol–water partition coefficient (Wildman–Crippen LogP) is -0.735. The molecule has 0 saturated heterocycles. The number of carbonyl (C=O) groups is 2. The number of nitrogens with one attached hydrogen (secondary N) is 1. The molecule has 0 aromatic heterocycles. The van der Waals surface area contributed by atoms with Crippen LogP contribution in [-0.4, -0.2) is 25.5 Å². The molecule has 0 aromatic carbocycles. The number of ether oxygens (including phenoxy) is 1. The highest BCUT2D eigenvalue weighted by atomic mass is 16.5. The number of carbonyl (C=O) groups excluding carboxylic acids is 2. The topological polar surface area (TPSA) is 55.4 Å². The van der Waals surface area contributed by atoms with Gasteiger partial charge in [-0.25, -0.2) is 0 Å². The van der Waals surface area contributed by atoms with E-state index in [9.17, 15) is 9.59 Å². The molecule has 4 nitrogen and oxygen atoms in total. The smallest absolute Gasteiger partial charge is 0.325 e. The second kappa shape index (κ2) is 4.55. The zero-order valence-corrected chi connectivity index (χ0v) is 5.59. The molecular formula is C6H8NO3. The molecule has 1 N–H and O–H groups in total. The summed E-state index contributed by atoms with van der Waals surface area (Å²) in [5.74, 6) is -0.999. The Balaban J connectivity index is 3.44. The molecule has 0 aliphatic heterocycles. The van der Waals surface area contributed by atoms with Crippen molar-refractivity contribution >= 4 is 11.9 Å². The van der Waals surface area contributed by atoms with E-state index in [1.54, 1.807) is 0 Å². The summed E-state index contributed by atoms with van der Waals surface area (Å²) >= 11 is 0. The van der Waals surface area contributed by atoms with Crippen molar-refractivity contribution < 1.29 is 14.3 Å². The van der Waals surface area contributed by atoms with Crippen LogP contribution in [0.5, 0.6) is 0 Å². The number of esters is 1. The van der Waals surface area contributed by atoms with E-state index in [0.29, 0.717) is 0 Å². The maximum Gasteiger partial charge on any atom is 0.325 e. The highest BCUT2D eigenvalue weighted by Gasteiger charge is 1.99. The van der Waals surface area contributed by atoms with E-state index in [1.165, 1.54) is 7.11 Å². The first kappa shape index (κ1) is 8.68. The van der Waals surface area contributed by atoms with E-state index in [4.69, 9.17) is 6.58 Å². The van der Waals surface area contributed by atoms with Crippen molar-refractivity contribution in [2.45, 2.75) is 0 Å². The lowest BCUT2D eigenvalue weighted by Crippen LogP contribution is -2.28. The maximum atomic E-state index is 10.3. The molecule has 0 saturated carbocycles. The Kier molecular flexibility index (Phi) is 3.95. The highest BCUT2D eigenvalue weighted by Crippen LogP contribution is 1.70. The molecule has 0 atom stereocenters. The Labute approximate surface area is 58.9 Å². The summed E-state index contributed by atoms with van der Waals surface area (Å²) in [5, 5.41) is 2.19. The van der Waals surface area contributed by atoms with Gasteiger partial charge in [-0.3, -0.25) is 9.59 Å². The third-order valence-corrected chi connectivity index (χ3v) is 0.786. The number of hydrogen-bond donors (Lipinski definition) is 1. The van der Waals surface area contributed by atoms with Crippen molar-refractivity contribution in [3.63, 3.8) is 0 Å². The van der Waals surface area contributed by atoms with E-state index in [0.717, 1.165) is 6.08 Å². The summed E-state index contributed by atoms with van der Waals surface area (Å²) in [4.78, 5) is 20.7. The van der Waals surface area contributed by atoms with Gasteiger partial charge in [-0.15, -0.1) is 0 Å². The molecule has 0 spiro atoms. The molecule has 4 heteroatoms. The second-order valence-electron chi connectivity index (χ2n) is 1.46. The average molecular weight is 142 g/mol. The third-order valence-electron chi connectivity index (χ3n) is 0.786. The summed E-state index contributed by atoms with van der Waals surface area (Å²) in [5.41, 5.74) is 0. The molecule has 0 aliphatic carbocycles. The molecule has 0 rings (SSSR count). The van der Waals surface area contributed by atoms with E-state index >= 15 is 0 Å². The Morgan fingerprint density at radius 2 is 2.30 bits per heavy atom. The summed E-state index contributed by atoms with van der Waals surface area (Å²) in [6.45, 7) is 4.66. The molecule has 0 heterocycles. The van der Waals surface area contributed by atoms with Crippen LogP contribution in [0.1, 0.15) is 0 Å².